The Balaban J connectivity index is 2.34. The molecule has 0 aliphatic rings. The van der Waals surface area contributed by atoms with E-state index in [1.165, 1.54) is 27.4 Å². The molecule has 0 aliphatic carbocycles. The molecule has 0 saturated carbocycles. The van der Waals surface area contributed by atoms with Gasteiger partial charge in [0.15, 0.2) is 0 Å². The fraction of sp³-hybridized carbons (Fsp3) is 0.250. The Morgan fingerprint density at radius 1 is 0.824 bits per heavy atom. The number of fused-ring (bicyclic) bond motifs is 3. The molecule has 3 aromatic rings. The molecular formula is C16H17N. The van der Waals surface area contributed by atoms with Crippen LogP contribution in [-0.4, -0.2) is 4.98 Å². The molecule has 3 rings (SSSR count). The van der Waals surface area contributed by atoms with Crippen molar-refractivity contribution in [1.82, 2.24) is 4.98 Å². The largest absolute Gasteiger partial charge is 0.355 e. The van der Waals surface area contributed by atoms with E-state index in [1.54, 1.807) is 0 Å². The smallest absolute Gasteiger partial charge is 0.0467 e. The zero-order valence-corrected chi connectivity index (χ0v) is 10.5. The van der Waals surface area contributed by atoms with Crippen LogP contribution in [-0.2, 0) is 5.41 Å². The average Bonchev–Trinajstić information content (AvgIpc) is 2.65. The Kier molecular flexibility index (Phi) is 2.06. The van der Waals surface area contributed by atoms with Crippen molar-refractivity contribution in [3.8, 4) is 0 Å². The molecule has 0 bridgehead atoms. The number of aromatic nitrogens is 1. The molecular weight excluding hydrogens is 206 g/mol. The second-order valence-electron chi connectivity index (χ2n) is 5.68. The van der Waals surface area contributed by atoms with Gasteiger partial charge < -0.3 is 4.98 Å². The SMILES string of the molecule is CC(C)(C)c1ccc2c(c1)[nH]c1ccccc12. The number of hydrogen-bond acceptors (Lipinski definition) is 0. The molecule has 1 heterocycles. The first kappa shape index (κ1) is 10.4. The van der Waals surface area contributed by atoms with Crippen molar-refractivity contribution < 1.29 is 0 Å². The van der Waals surface area contributed by atoms with Crippen molar-refractivity contribution >= 4 is 21.8 Å². The molecule has 0 fully saturated rings. The van der Waals surface area contributed by atoms with Crippen molar-refractivity contribution in [1.29, 1.82) is 0 Å². The third kappa shape index (κ3) is 1.62. The summed E-state index contributed by atoms with van der Waals surface area (Å²) in [6, 6.07) is 15.2. The molecule has 0 atom stereocenters. The van der Waals surface area contributed by atoms with Gasteiger partial charge in [-0.15, -0.1) is 0 Å². The summed E-state index contributed by atoms with van der Waals surface area (Å²) in [5.74, 6) is 0. The minimum absolute atomic E-state index is 0.200. The topological polar surface area (TPSA) is 15.8 Å². The van der Waals surface area contributed by atoms with Gasteiger partial charge in [-0.3, -0.25) is 0 Å². The molecule has 17 heavy (non-hydrogen) atoms. The quantitative estimate of drug-likeness (QED) is 0.572. The van der Waals surface area contributed by atoms with Gasteiger partial charge in [0.25, 0.3) is 0 Å². The van der Waals surface area contributed by atoms with Gasteiger partial charge in [-0.25, -0.2) is 0 Å². The minimum Gasteiger partial charge on any atom is -0.355 e. The van der Waals surface area contributed by atoms with Gasteiger partial charge in [-0.05, 0) is 23.1 Å². The van der Waals surface area contributed by atoms with E-state index in [4.69, 9.17) is 0 Å². The highest BCUT2D eigenvalue weighted by atomic mass is 14.7. The van der Waals surface area contributed by atoms with Crippen molar-refractivity contribution in [3.05, 3.63) is 48.0 Å². The molecule has 1 N–H and O–H groups in total. The Morgan fingerprint density at radius 3 is 2.29 bits per heavy atom. The molecule has 2 aromatic carbocycles. The third-order valence-corrected chi connectivity index (χ3v) is 3.37. The van der Waals surface area contributed by atoms with Crippen molar-refractivity contribution in [2.24, 2.45) is 0 Å². The molecule has 0 saturated heterocycles. The Morgan fingerprint density at radius 2 is 1.53 bits per heavy atom. The van der Waals surface area contributed by atoms with Gasteiger partial charge in [0.1, 0.15) is 0 Å². The van der Waals surface area contributed by atoms with Crippen LogP contribution in [0, 0.1) is 0 Å². The lowest BCUT2D eigenvalue weighted by atomic mass is 9.86. The lowest BCUT2D eigenvalue weighted by Crippen LogP contribution is -2.10. The Labute approximate surface area is 101 Å². The number of rotatable bonds is 0. The zero-order valence-electron chi connectivity index (χ0n) is 10.5. The van der Waals surface area contributed by atoms with E-state index >= 15 is 0 Å². The maximum Gasteiger partial charge on any atom is 0.0467 e. The van der Waals surface area contributed by atoms with E-state index in [1.807, 2.05) is 0 Å². The molecule has 1 nitrogen and oxygen atoms in total. The van der Waals surface area contributed by atoms with E-state index in [0.717, 1.165) is 0 Å². The fourth-order valence-electron chi connectivity index (χ4n) is 2.32. The van der Waals surface area contributed by atoms with Crippen molar-refractivity contribution in [2.45, 2.75) is 26.2 Å². The van der Waals surface area contributed by atoms with Crippen LogP contribution in [0.1, 0.15) is 26.3 Å². The third-order valence-electron chi connectivity index (χ3n) is 3.37. The summed E-state index contributed by atoms with van der Waals surface area (Å²) in [4.78, 5) is 3.49. The molecule has 0 aliphatic heterocycles. The van der Waals surface area contributed by atoms with Crippen LogP contribution >= 0.6 is 0 Å². The second kappa shape index (κ2) is 3.36. The molecule has 86 valence electrons. The minimum atomic E-state index is 0.200. The van der Waals surface area contributed by atoms with E-state index in [0.29, 0.717) is 0 Å². The van der Waals surface area contributed by atoms with Gasteiger partial charge in [0.2, 0.25) is 0 Å². The van der Waals surface area contributed by atoms with E-state index in [2.05, 4.69) is 68.2 Å². The summed E-state index contributed by atoms with van der Waals surface area (Å²) >= 11 is 0. The van der Waals surface area contributed by atoms with Crippen LogP contribution in [0.3, 0.4) is 0 Å². The molecule has 0 amide bonds. The maximum absolute atomic E-state index is 3.49. The van der Waals surface area contributed by atoms with Crippen LogP contribution in [0.5, 0.6) is 0 Å². The van der Waals surface area contributed by atoms with Gasteiger partial charge in [-0.2, -0.15) is 0 Å². The summed E-state index contributed by atoms with van der Waals surface area (Å²) in [5, 5.41) is 2.62. The van der Waals surface area contributed by atoms with E-state index in [-0.39, 0.29) is 5.41 Å². The summed E-state index contributed by atoms with van der Waals surface area (Å²) in [7, 11) is 0. The number of aromatic amines is 1. The van der Waals surface area contributed by atoms with E-state index in [9.17, 15) is 0 Å². The van der Waals surface area contributed by atoms with Crippen LogP contribution in [0.25, 0.3) is 21.8 Å². The standard InChI is InChI=1S/C16H17N/c1-16(2,3)11-8-9-13-12-6-4-5-7-14(12)17-15(13)10-11/h4-10,17H,1-3H3. The predicted molar refractivity (Wildman–Crippen MR) is 74.5 cm³/mol. The van der Waals surface area contributed by atoms with E-state index < -0.39 is 0 Å². The first-order valence-corrected chi connectivity index (χ1v) is 6.07. The highest BCUT2D eigenvalue weighted by Crippen LogP contribution is 2.30. The number of benzene rings is 2. The van der Waals surface area contributed by atoms with Crippen molar-refractivity contribution in [2.75, 3.05) is 0 Å². The van der Waals surface area contributed by atoms with Gasteiger partial charge in [-0.1, -0.05) is 51.1 Å². The van der Waals surface area contributed by atoms with Crippen molar-refractivity contribution in [3.63, 3.8) is 0 Å². The van der Waals surface area contributed by atoms with Gasteiger partial charge in [0, 0.05) is 21.8 Å². The summed E-state index contributed by atoms with van der Waals surface area (Å²) < 4.78 is 0. The highest BCUT2D eigenvalue weighted by molar-refractivity contribution is 6.07. The number of H-pyrrole nitrogens is 1. The fourth-order valence-corrected chi connectivity index (χ4v) is 2.32. The Hall–Kier alpha value is -1.76. The number of nitrogens with one attached hydrogen (secondary N) is 1. The highest BCUT2D eigenvalue weighted by Gasteiger charge is 2.14. The predicted octanol–water partition coefficient (Wildman–Crippen LogP) is 4.62. The average molecular weight is 223 g/mol. The monoisotopic (exact) mass is 223 g/mol. The molecule has 0 unspecified atom stereocenters. The van der Waals surface area contributed by atoms with Crippen LogP contribution in [0.4, 0.5) is 0 Å². The maximum atomic E-state index is 3.49. The van der Waals surface area contributed by atoms with Crippen LogP contribution in [0.15, 0.2) is 42.5 Å². The van der Waals surface area contributed by atoms with Gasteiger partial charge in [0.05, 0.1) is 0 Å². The first-order valence-electron chi connectivity index (χ1n) is 6.07. The lowest BCUT2D eigenvalue weighted by molar-refractivity contribution is 0.591. The van der Waals surface area contributed by atoms with Gasteiger partial charge >= 0.3 is 0 Å². The second-order valence-corrected chi connectivity index (χ2v) is 5.68. The molecule has 0 spiro atoms. The lowest BCUT2D eigenvalue weighted by Gasteiger charge is -2.18. The zero-order chi connectivity index (χ0) is 12.0. The molecule has 1 aromatic heterocycles. The summed E-state index contributed by atoms with van der Waals surface area (Å²) in [6.07, 6.45) is 0. The summed E-state index contributed by atoms with van der Waals surface area (Å²) in [6.45, 7) is 6.74. The molecule has 0 radical (unpaired) electrons. The normalized spacial score (nSPS) is 12.4. The summed E-state index contributed by atoms with van der Waals surface area (Å²) in [5.41, 5.74) is 4.02. The number of hydrogen-bond donors (Lipinski definition) is 1. The Bertz CT molecular complexity index is 683. The van der Waals surface area contributed by atoms with Crippen LogP contribution < -0.4 is 0 Å². The van der Waals surface area contributed by atoms with Crippen LogP contribution in [0.2, 0.25) is 0 Å². The number of para-hydroxylation sites is 1. The first-order chi connectivity index (χ1) is 8.05. The molecule has 1 heteroatoms.